The van der Waals surface area contributed by atoms with E-state index in [2.05, 4.69) is 27.6 Å². The number of nitrogens with zero attached hydrogens (tertiary/aromatic N) is 2. The lowest BCUT2D eigenvalue weighted by Crippen LogP contribution is -2.13. The van der Waals surface area contributed by atoms with Crippen molar-refractivity contribution in [1.29, 1.82) is 0 Å². The Morgan fingerprint density at radius 2 is 1.83 bits per heavy atom. The molecule has 1 N–H and O–H groups in total. The second kappa shape index (κ2) is 7.79. The summed E-state index contributed by atoms with van der Waals surface area (Å²) < 4.78 is 5.58. The first-order chi connectivity index (χ1) is 11.7. The zero-order chi connectivity index (χ0) is 16.8. The number of nitrogens with one attached hydrogen (secondary N) is 1. The molecule has 0 aliphatic rings. The second-order valence-electron chi connectivity index (χ2n) is 5.33. The Bertz CT molecular complexity index is 801. The number of benzene rings is 2. The zero-order valence-corrected chi connectivity index (χ0v) is 14.0. The molecule has 3 aromatic rings. The van der Waals surface area contributed by atoms with Crippen molar-refractivity contribution < 1.29 is 9.21 Å². The van der Waals surface area contributed by atoms with Gasteiger partial charge in [-0.05, 0) is 24.6 Å². The van der Waals surface area contributed by atoms with Crippen LogP contribution in [0.2, 0.25) is 0 Å². The summed E-state index contributed by atoms with van der Waals surface area (Å²) in [5.41, 5.74) is 3.10. The predicted molar refractivity (Wildman–Crippen MR) is 94.1 cm³/mol. The van der Waals surface area contributed by atoms with Gasteiger partial charge in [-0.3, -0.25) is 4.79 Å². The van der Waals surface area contributed by atoms with Crippen LogP contribution in [-0.2, 0) is 11.2 Å². The van der Waals surface area contributed by atoms with E-state index in [4.69, 9.17) is 4.42 Å². The Labute approximate surface area is 144 Å². The van der Waals surface area contributed by atoms with E-state index in [9.17, 15) is 4.79 Å². The number of amides is 1. The lowest BCUT2D eigenvalue weighted by molar-refractivity contribution is -0.113. The summed E-state index contributed by atoms with van der Waals surface area (Å²) >= 11 is 1.23. The third-order valence-electron chi connectivity index (χ3n) is 3.31. The number of thioether (sulfide) groups is 1. The van der Waals surface area contributed by atoms with Gasteiger partial charge in [-0.2, -0.15) is 0 Å². The molecule has 122 valence electrons. The van der Waals surface area contributed by atoms with Gasteiger partial charge in [0.05, 0.1) is 12.2 Å². The van der Waals surface area contributed by atoms with Crippen molar-refractivity contribution in [2.75, 3.05) is 11.1 Å². The molecule has 24 heavy (non-hydrogen) atoms. The third kappa shape index (κ3) is 4.70. The van der Waals surface area contributed by atoms with Crippen molar-refractivity contribution in [1.82, 2.24) is 10.2 Å². The van der Waals surface area contributed by atoms with Gasteiger partial charge >= 0.3 is 0 Å². The maximum Gasteiger partial charge on any atom is 0.277 e. The lowest BCUT2D eigenvalue weighted by Gasteiger charge is -2.02. The van der Waals surface area contributed by atoms with Gasteiger partial charge < -0.3 is 9.73 Å². The van der Waals surface area contributed by atoms with Gasteiger partial charge in [-0.15, -0.1) is 10.2 Å². The summed E-state index contributed by atoms with van der Waals surface area (Å²) in [6, 6.07) is 17.5. The van der Waals surface area contributed by atoms with Crippen LogP contribution in [0.25, 0.3) is 0 Å². The first-order valence-corrected chi connectivity index (χ1v) is 8.53. The smallest absolute Gasteiger partial charge is 0.277 e. The van der Waals surface area contributed by atoms with Crippen molar-refractivity contribution in [2.45, 2.75) is 18.6 Å². The second-order valence-corrected chi connectivity index (χ2v) is 6.25. The number of rotatable bonds is 6. The van der Waals surface area contributed by atoms with Crippen LogP contribution in [-0.4, -0.2) is 21.9 Å². The van der Waals surface area contributed by atoms with Crippen LogP contribution in [0.5, 0.6) is 0 Å². The number of anilines is 1. The Morgan fingerprint density at radius 3 is 2.58 bits per heavy atom. The number of carbonyl (C=O) groups excluding carboxylic acids is 1. The molecule has 2 aromatic carbocycles. The summed E-state index contributed by atoms with van der Waals surface area (Å²) in [6.45, 7) is 2.05. The van der Waals surface area contributed by atoms with E-state index in [1.165, 1.54) is 17.3 Å². The molecule has 0 saturated carbocycles. The van der Waals surface area contributed by atoms with Gasteiger partial charge in [-0.25, -0.2) is 0 Å². The van der Waals surface area contributed by atoms with Crippen molar-refractivity contribution in [2.24, 2.45) is 0 Å². The van der Waals surface area contributed by atoms with Gasteiger partial charge in [0.1, 0.15) is 0 Å². The van der Waals surface area contributed by atoms with Crippen molar-refractivity contribution in [3.8, 4) is 0 Å². The van der Waals surface area contributed by atoms with E-state index < -0.39 is 0 Å². The van der Waals surface area contributed by atoms with Crippen LogP contribution < -0.4 is 5.32 Å². The monoisotopic (exact) mass is 339 g/mol. The van der Waals surface area contributed by atoms with E-state index in [1.807, 2.05) is 49.4 Å². The fourth-order valence-electron chi connectivity index (χ4n) is 2.09. The zero-order valence-electron chi connectivity index (χ0n) is 13.2. The molecule has 1 amide bonds. The van der Waals surface area contributed by atoms with E-state index >= 15 is 0 Å². The first kappa shape index (κ1) is 16.3. The van der Waals surface area contributed by atoms with Crippen LogP contribution in [0.1, 0.15) is 17.0 Å². The van der Waals surface area contributed by atoms with Gasteiger partial charge in [0.25, 0.3) is 5.22 Å². The average Bonchev–Trinajstić information content (AvgIpc) is 3.04. The lowest BCUT2D eigenvalue weighted by atomic mass is 10.1. The fraction of sp³-hybridized carbons (Fsp3) is 0.167. The number of hydrogen-bond donors (Lipinski definition) is 1. The number of para-hydroxylation sites is 1. The Hall–Kier alpha value is -2.60. The molecule has 0 radical (unpaired) electrons. The number of hydrogen-bond acceptors (Lipinski definition) is 5. The largest absolute Gasteiger partial charge is 0.416 e. The maximum atomic E-state index is 11.9. The molecule has 6 heteroatoms. The Balaban J connectivity index is 1.50. The number of aromatic nitrogens is 2. The van der Waals surface area contributed by atoms with Gasteiger partial charge in [0.15, 0.2) is 0 Å². The molecule has 0 aliphatic heterocycles. The standard InChI is InChI=1S/C18H17N3O2S/c1-13-7-9-14(10-8-13)11-17-20-21-18(23-17)24-12-16(22)19-15-5-3-2-4-6-15/h2-10H,11-12H2,1H3,(H,19,22). The van der Waals surface area contributed by atoms with E-state index in [0.717, 1.165) is 11.3 Å². The van der Waals surface area contributed by atoms with Crippen LogP contribution in [0.3, 0.4) is 0 Å². The van der Waals surface area contributed by atoms with Crippen LogP contribution in [0, 0.1) is 6.92 Å². The van der Waals surface area contributed by atoms with Crippen LogP contribution in [0.15, 0.2) is 64.2 Å². The van der Waals surface area contributed by atoms with Crippen LogP contribution >= 0.6 is 11.8 Å². The molecule has 5 nitrogen and oxygen atoms in total. The van der Waals surface area contributed by atoms with Gasteiger partial charge in [0, 0.05) is 5.69 Å². The quantitative estimate of drug-likeness (QED) is 0.694. The molecule has 0 unspecified atom stereocenters. The van der Waals surface area contributed by atoms with Gasteiger partial charge in [0.2, 0.25) is 11.8 Å². The molecular weight excluding hydrogens is 322 g/mol. The predicted octanol–water partition coefficient (Wildman–Crippen LogP) is 3.70. The highest BCUT2D eigenvalue weighted by atomic mass is 32.2. The minimum Gasteiger partial charge on any atom is -0.416 e. The number of carbonyl (C=O) groups is 1. The Morgan fingerprint density at radius 1 is 1.08 bits per heavy atom. The molecule has 0 atom stereocenters. The Kier molecular flexibility index (Phi) is 5.28. The minimum atomic E-state index is -0.107. The van der Waals surface area contributed by atoms with E-state index in [-0.39, 0.29) is 11.7 Å². The molecular formula is C18H17N3O2S. The number of aryl methyl sites for hydroxylation is 1. The van der Waals surface area contributed by atoms with Crippen LogP contribution in [0.4, 0.5) is 5.69 Å². The molecule has 0 bridgehead atoms. The van der Waals surface area contributed by atoms with E-state index in [1.54, 1.807) is 0 Å². The summed E-state index contributed by atoms with van der Waals surface area (Å²) in [5, 5.41) is 11.2. The highest BCUT2D eigenvalue weighted by molar-refractivity contribution is 7.99. The van der Waals surface area contributed by atoms with Crippen molar-refractivity contribution in [3.05, 3.63) is 71.6 Å². The van der Waals surface area contributed by atoms with Crippen molar-refractivity contribution in [3.63, 3.8) is 0 Å². The molecule has 1 heterocycles. The topological polar surface area (TPSA) is 68.0 Å². The molecule has 0 aliphatic carbocycles. The normalized spacial score (nSPS) is 10.5. The first-order valence-electron chi connectivity index (χ1n) is 7.55. The molecule has 0 spiro atoms. The molecule has 3 rings (SSSR count). The fourth-order valence-corrected chi connectivity index (χ4v) is 2.67. The third-order valence-corrected chi connectivity index (χ3v) is 4.13. The molecule has 1 aromatic heterocycles. The summed E-state index contributed by atoms with van der Waals surface area (Å²) in [4.78, 5) is 11.9. The maximum absolute atomic E-state index is 11.9. The highest BCUT2D eigenvalue weighted by Gasteiger charge is 2.10. The van der Waals surface area contributed by atoms with E-state index in [0.29, 0.717) is 17.5 Å². The average molecular weight is 339 g/mol. The molecule has 0 fully saturated rings. The summed E-state index contributed by atoms with van der Waals surface area (Å²) in [7, 11) is 0. The van der Waals surface area contributed by atoms with Crippen molar-refractivity contribution >= 4 is 23.4 Å². The SMILES string of the molecule is Cc1ccc(Cc2nnc(SCC(=O)Nc3ccccc3)o2)cc1. The van der Waals surface area contributed by atoms with Gasteiger partial charge in [-0.1, -0.05) is 59.8 Å². The summed E-state index contributed by atoms with van der Waals surface area (Å²) in [6.07, 6.45) is 0.587. The highest BCUT2D eigenvalue weighted by Crippen LogP contribution is 2.18. The minimum absolute atomic E-state index is 0.107. The molecule has 0 saturated heterocycles. The summed E-state index contributed by atoms with van der Waals surface area (Å²) in [5.74, 6) is 0.662.